The molecule has 2 aromatic carbocycles. The van der Waals surface area contributed by atoms with Gasteiger partial charge in [0.2, 0.25) is 0 Å². The van der Waals surface area contributed by atoms with Gasteiger partial charge in [-0.2, -0.15) is 0 Å². The molecule has 1 heterocycles. The molecule has 7 heteroatoms. The van der Waals surface area contributed by atoms with Crippen molar-refractivity contribution in [2.45, 2.75) is 42.5 Å². The van der Waals surface area contributed by atoms with Gasteiger partial charge in [0.15, 0.2) is 16.7 Å². The van der Waals surface area contributed by atoms with Crippen LogP contribution in [0.25, 0.3) is 16.6 Å². The van der Waals surface area contributed by atoms with Gasteiger partial charge in [-0.25, -0.2) is 4.98 Å². The zero-order chi connectivity index (χ0) is 21.1. The maximum Gasteiger partial charge on any atom is 0.266 e. The minimum atomic E-state index is -0.188. The first kappa shape index (κ1) is 20.5. The Labute approximate surface area is 179 Å². The van der Waals surface area contributed by atoms with Crippen LogP contribution in [0.3, 0.4) is 0 Å². The molecular weight excluding hydrogens is 400 g/mol. The molecule has 0 bridgehead atoms. The molecule has 0 amide bonds. The highest BCUT2D eigenvalue weighted by Crippen LogP contribution is 2.34. The van der Waals surface area contributed by atoms with Gasteiger partial charge < -0.3 is 9.47 Å². The number of fused-ring (bicyclic) bond motifs is 1. The predicted octanol–water partition coefficient (Wildman–Crippen LogP) is 4.40. The van der Waals surface area contributed by atoms with Gasteiger partial charge in [0, 0.05) is 12.5 Å². The van der Waals surface area contributed by atoms with Gasteiger partial charge in [-0.05, 0) is 37.1 Å². The van der Waals surface area contributed by atoms with Crippen molar-refractivity contribution in [1.29, 1.82) is 0 Å². The number of benzene rings is 2. The van der Waals surface area contributed by atoms with E-state index < -0.39 is 0 Å². The van der Waals surface area contributed by atoms with Crippen LogP contribution >= 0.6 is 11.8 Å². The molecule has 156 valence electrons. The van der Waals surface area contributed by atoms with Crippen LogP contribution in [0.5, 0.6) is 11.5 Å². The number of rotatable bonds is 5. The number of ketones is 1. The molecule has 1 aromatic heterocycles. The third-order valence-electron chi connectivity index (χ3n) is 5.37. The fourth-order valence-corrected chi connectivity index (χ4v) is 5.00. The number of para-hydroxylation sites is 1. The maximum absolute atomic E-state index is 13.4. The molecule has 1 atom stereocenters. The van der Waals surface area contributed by atoms with Crippen LogP contribution in [0.4, 0.5) is 0 Å². The molecule has 0 spiro atoms. The molecule has 4 rings (SSSR count). The summed E-state index contributed by atoms with van der Waals surface area (Å²) in [7, 11) is 3.13. The van der Waals surface area contributed by atoms with Gasteiger partial charge in [0.1, 0.15) is 5.78 Å². The predicted molar refractivity (Wildman–Crippen MR) is 118 cm³/mol. The van der Waals surface area contributed by atoms with Crippen molar-refractivity contribution in [3.63, 3.8) is 0 Å². The minimum absolute atomic E-state index is 0.170. The molecule has 6 nitrogen and oxygen atoms in total. The number of ether oxygens (including phenoxy) is 2. The van der Waals surface area contributed by atoms with Gasteiger partial charge in [0.05, 0.1) is 36.1 Å². The van der Waals surface area contributed by atoms with E-state index in [1.54, 1.807) is 43.1 Å². The van der Waals surface area contributed by atoms with Crippen molar-refractivity contribution in [3.05, 3.63) is 52.8 Å². The molecule has 0 aliphatic heterocycles. The third kappa shape index (κ3) is 3.94. The summed E-state index contributed by atoms with van der Waals surface area (Å²) >= 11 is 1.39. The summed E-state index contributed by atoms with van der Waals surface area (Å²) in [6.07, 6.45) is 4.40. The van der Waals surface area contributed by atoms with Crippen molar-refractivity contribution in [2.75, 3.05) is 14.2 Å². The SMILES string of the molecule is COc1ccc(-n2c(SC3CCCCCC3=O)nc3ccccc3c2=O)cc1OC. The number of hydrogen-bond acceptors (Lipinski definition) is 6. The van der Waals surface area contributed by atoms with E-state index in [9.17, 15) is 9.59 Å². The van der Waals surface area contributed by atoms with Crippen molar-refractivity contribution < 1.29 is 14.3 Å². The molecule has 1 aliphatic carbocycles. The van der Waals surface area contributed by atoms with Crippen LogP contribution in [0.2, 0.25) is 0 Å². The van der Waals surface area contributed by atoms with Crippen LogP contribution in [-0.2, 0) is 4.79 Å². The van der Waals surface area contributed by atoms with E-state index >= 15 is 0 Å². The second-order valence-electron chi connectivity index (χ2n) is 7.26. The molecular formula is C23H24N2O4S. The average Bonchev–Trinajstić information content (AvgIpc) is 2.97. The standard InChI is InChI=1S/C23H24N2O4S/c1-28-19-13-12-15(14-20(19)29-2)25-22(27)16-8-6-7-9-17(16)24-23(25)30-21-11-5-3-4-10-18(21)26/h6-9,12-14,21H,3-5,10-11H2,1-2H3. The highest BCUT2D eigenvalue weighted by molar-refractivity contribution is 8.00. The summed E-state index contributed by atoms with van der Waals surface area (Å²) in [5.41, 5.74) is 1.08. The van der Waals surface area contributed by atoms with Crippen LogP contribution in [0.1, 0.15) is 32.1 Å². The summed E-state index contributed by atoms with van der Waals surface area (Å²) in [6, 6.07) is 12.6. The van der Waals surface area contributed by atoms with Crippen molar-refractivity contribution in [3.8, 4) is 17.2 Å². The average molecular weight is 425 g/mol. The van der Waals surface area contributed by atoms with E-state index in [0.717, 1.165) is 25.7 Å². The van der Waals surface area contributed by atoms with Crippen LogP contribution < -0.4 is 15.0 Å². The highest BCUT2D eigenvalue weighted by Gasteiger charge is 2.25. The topological polar surface area (TPSA) is 70.4 Å². The molecule has 1 saturated carbocycles. The summed E-state index contributed by atoms with van der Waals surface area (Å²) < 4.78 is 12.3. The number of thioether (sulfide) groups is 1. The highest BCUT2D eigenvalue weighted by atomic mass is 32.2. The Hall–Kier alpha value is -2.80. The first-order valence-electron chi connectivity index (χ1n) is 10.1. The van der Waals surface area contributed by atoms with Crippen LogP contribution in [0.15, 0.2) is 52.4 Å². The first-order valence-corrected chi connectivity index (χ1v) is 10.9. The Kier molecular flexibility index (Phi) is 6.08. The molecule has 1 fully saturated rings. The fourth-order valence-electron chi connectivity index (χ4n) is 3.76. The fraction of sp³-hybridized carbons (Fsp3) is 0.348. The van der Waals surface area contributed by atoms with Crippen LogP contribution in [0, 0.1) is 0 Å². The number of aromatic nitrogens is 2. The molecule has 1 aliphatic rings. The van der Waals surface area contributed by atoms with E-state index in [4.69, 9.17) is 14.5 Å². The number of carbonyl (C=O) groups excluding carboxylic acids is 1. The molecule has 1 unspecified atom stereocenters. The summed E-state index contributed by atoms with van der Waals surface area (Å²) in [6.45, 7) is 0. The second-order valence-corrected chi connectivity index (χ2v) is 8.43. The summed E-state index contributed by atoms with van der Waals surface area (Å²) in [5, 5.41) is 0.863. The van der Waals surface area contributed by atoms with Gasteiger partial charge in [-0.3, -0.25) is 14.2 Å². The van der Waals surface area contributed by atoms with Gasteiger partial charge in [-0.15, -0.1) is 0 Å². The zero-order valence-corrected chi connectivity index (χ0v) is 17.9. The lowest BCUT2D eigenvalue weighted by Crippen LogP contribution is -2.24. The smallest absolute Gasteiger partial charge is 0.266 e. The lowest BCUT2D eigenvalue weighted by Gasteiger charge is -2.18. The Morgan fingerprint density at radius 3 is 2.60 bits per heavy atom. The molecule has 0 radical (unpaired) electrons. The van der Waals surface area contributed by atoms with Crippen molar-refractivity contribution in [2.24, 2.45) is 0 Å². The lowest BCUT2D eigenvalue weighted by atomic mass is 10.2. The second kappa shape index (κ2) is 8.92. The number of hydrogen-bond donors (Lipinski definition) is 0. The Morgan fingerprint density at radius 2 is 1.80 bits per heavy atom. The lowest BCUT2D eigenvalue weighted by molar-refractivity contribution is -0.118. The monoisotopic (exact) mass is 424 g/mol. The third-order valence-corrected chi connectivity index (χ3v) is 6.63. The first-order chi connectivity index (χ1) is 14.6. The van der Waals surface area contributed by atoms with Crippen LogP contribution in [-0.4, -0.2) is 34.8 Å². The summed E-state index contributed by atoms with van der Waals surface area (Å²) in [5.74, 6) is 1.34. The van der Waals surface area contributed by atoms with Gasteiger partial charge >= 0.3 is 0 Å². The number of Topliss-reactive ketones (excluding diaryl/α,β-unsaturated/α-hetero) is 1. The number of carbonyl (C=O) groups is 1. The molecule has 0 saturated heterocycles. The molecule has 30 heavy (non-hydrogen) atoms. The number of nitrogens with zero attached hydrogens (tertiary/aromatic N) is 2. The Bertz CT molecular complexity index is 1140. The van der Waals surface area contributed by atoms with E-state index in [1.807, 2.05) is 18.2 Å². The maximum atomic E-state index is 13.4. The van der Waals surface area contributed by atoms with Crippen molar-refractivity contribution in [1.82, 2.24) is 9.55 Å². The van der Waals surface area contributed by atoms with E-state index in [0.29, 0.717) is 39.7 Å². The van der Waals surface area contributed by atoms with E-state index in [-0.39, 0.29) is 16.6 Å². The summed E-state index contributed by atoms with van der Waals surface area (Å²) in [4.78, 5) is 30.8. The normalized spacial score (nSPS) is 17.0. The zero-order valence-electron chi connectivity index (χ0n) is 17.1. The Morgan fingerprint density at radius 1 is 1.00 bits per heavy atom. The quantitative estimate of drug-likeness (QED) is 0.447. The number of methoxy groups -OCH3 is 2. The van der Waals surface area contributed by atoms with Gasteiger partial charge in [0.25, 0.3) is 5.56 Å². The van der Waals surface area contributed by atoms with E-state index in [1.165, 1.54) is 11.8 Å². The van der Waals surface area contributed by atoms with E-state index in [2.05, 4.69) is 0 Å². The van der Waals surface area contributed by atoms with Crippen molar-refractivity contribution >= 4 is 28.4 Å². The molecule has 3 aromatic rings. The Balaban J connectivity index is 1.88. The minimum Gasteiger partial charge on any atom is -0.493 e. The molecule has 0 N–H and O–H groups in total. The van der Waals surface area contributed by atoms with Gasteiger partial charge in [-0.1, -0.05) is 36.7 Å². The largest absolute Gasteiger partial charge is 0.493 e.